The highest BCUT2D eigenvalue weighted by Gasteiger charge is 2.32. The maximum absolute atomic E-state index is 12.9. The number of hydrogen-bond acceptors (Lipinski definition) is 4. The molecule has 1 aromatic carbocycles. The second-order valence-corrected chi connectivity index (χ2v) is 6.90. The number of phenolic OH excluding ortho intramolecular Hbond substituents is 1. The van der Waals surface area contributed by atoms with Crippen molar-refractivity contribution in [2.45, 2.75) is 32.0 Å². The van der Waals surface area contributed by atoms with Gasteiger partial charge in [0.25, 0.3) is 0 Å². The molecule has 146 valence electrons. The first-order chi connectivity index (χ1) is 13.2. The fraction of sp³-hybridized carbons (Fsp3) is 0.316. The van der Waals surface area contributed by atoms with Gasteiger partial charge in [-0.25, -0.2) is 4.98 Å². The number of nitrogens with one attached hydrogen (secondary N) is 1. The fourth-order valence-electron chi connectivity index (χ4n) is 3.46. The van der Waals surface area contributed by atoms with E-state index < -0.39 is 17.5 Å². The summed E-state index contributed by atoms with van der Waals surface area (Å²) in [4.78, 5) is 15.7. The molecule has 3 aromatic rings. The van der Waals surface area contributed by atoms with E-state index in [9.17, 15) is 23.1 Å². The number of rotatable bonds is 2. The van der Waals surface area contributed by atoms with Gasteiger partial charge < -0.3 is 10.4 Å². The zero-order valence-electron chi connectivity index (χ0n) is 14.9. The summed E-state index contributed by atoms with van der Waals surface area (Å²) in [5.74, 6) is -0.463. The lowest BCUT2D eigenvalue weighted by Crippen LogP contribution is -2.36. The quantitative estimate of drug-likeness (QED) is 0.701. The minimum atomic E-state index is -4.54. The number of nitrogens with zero attached hydrogens (tertiary/aromatic N) is 3. The van der Waals surface area contributed by atoms with E-state index in [1.807, 2.05) is 6.20 Å². The van der Waals surface area contributed by atoms with Gasteiger partial charge in [0.05, 0.1) is 17.3 Å². The summed E-state index contributed by atoms with van der Waals surface area (Å²) in [6.45, 7) is 1.98. The fourth-order valence-corrected chi connectivity index (χ4v) is 3.46. The summed E-state index contributed by atoms with van der Waals surface area (Å²) in [6.07, 6.45) is -1.61. The van der Waals surface area contributed by atoms with E-state index in [1.165, 1.54) is 6.92 Å². The molecule has 1 aliphatic heterocycles. The number of aromatic hydroxyl groups is 1. The number of halogens is 3. The monoisotopic (exact) mass is 390 g/mol. The van der Waals surface area contributed by atoms with Crippen LogP contribution in [0.3, 0.4) is 0 Å². The van der Waals surface area contributed by atoms with Gasteiger partial charge in [0.2, 0.25) is 5.91 Å². The molecule has 28 heavy (non-hydrogen) atoms. The van der Waals surface area contributed by atoms with Gasteiger partial charge in [0.1, 0.15) is 5.75 Å². The zero-order valence-corrected chi connectivity index (χ0v) is 14.9. The van der Waals surface area contributed by atoms with Crippen LogP contribution < -0.4 is 5.32 Å². The summed E-state index contributed by atoms with van der Waals surface area (Å²) in [7, 11) is 0. The SMILES string of the molecule is Cc1cc(C(F)(F)F)cc(O)c1-c1ccc2cn([C@@H]3CCC(=O)NC3)nc2n1. The first-order valence-electron chi connectivity index (χ1n) is 8.76. The van der Waals surface area contributed by atoms with Crippen LogP contribution in [0.5, 0.6) is 5.75 Å². The van der Waals surface area contributed by atoms with Crippen molar-refractivity contribution >= 4 is 16.9 Å². The number of carbonyl (C=O) groups is 1. The van der Waals surface area contributed by atoms with Crippen molar-refractivity contribution in [1.82, 2.24) is 20.1 Å². The van der Waals surface area contributed by atoms with Gasteiger partial charge >= 0.3 is 6.18 Å². The Kier molecular flexibility index (Phi) is 4.24. The van der Waals surface area contributed by atoms with E-state index >= 15 is 0 Å². The van der Waals surface area contributed by atoms with Crippen LogP contribution in [0.15, 0.2) is 30.5 Å². The van der Waals surface area contributed by atoms with Crippen LogP contribution in [0, 0.1) is 6.92 Å². The molecule has 9 heteroatoms. The predicted octanol–water partition coefficient (Wildman–Crippen LogP) is 3.58. The Morgan fingerprint density at radius 1 is 1.29 bits per heavy atom. The number of fused-ring (bicyclic) bond motifs is 1. The zero-order chi connectivity index (χ0) is 20.1. The molecule has 0 saturated carbocycles. The smallest absolute Gasteiger partial charge is 0.416 e. The molecule has 2 N–H and O–H groups in total. The van der Waals surface area contributed by atoms with Crippen molar-refractivity contribution in [1.29, 1.82) is 0 Å². The molecule has 4 rings (SSSR count). The molecule has 0 unspecified atom stereocenters. The molecule has 1 fully saturated rings. The lowest BCUT2D eigenvalue weighted by Gasteiger charge is -2.22. The minimum absolute atomic E-state index is 0.0154. The maximum Gasteiger partial charge on any atom is 0.416 e. The van der Waals surface area contributed by atoms with Gasteiger partial charge in [0, 0.05) is 30.1 Å². The van der Waals surface area contributed by atoms with E-state index in [0.717, 1.165) is 11.5 Å². The third-order valence-electron chi connectivity index (χ3n) is 4.90. The molecular formula is C19H17F3N4O2. The minimum Gasteiger partial charge on any atom is -0.507 e. The summed E-state index contributed by atoms with van der Waals surface area (Å²) in [5, 5.41) is 18.2. The summed E-state index contributed by atoms with van der Waals surface area (Å²) in [5.41, 5.74) is 0.380. The van der Waals surface area contributed by atoms with Crippen LogP contribution >= 0.6 is 0 Å². The number of pyridine rings is 1. The van der Waals surface area contributed by atoms with E-state index in [-0.39, 0.29) is 23.1 Å². The van der Waals surface area contributed by atoms with Crippen molar-refractivity contribution in [2.24, 2.45) is 0 Å². The second kappa shape index (κ2) is 6.50. The Hall–Kier alpha value is -3.10. The average molecular weight is 390 g/mol. The highest BCUT2D eigenvalue weighted by molar-refractivity contribution is 5.80. The van der Waals surface area contributed by atoms with Crippen LogP contribution in [-0.4, -0.2) is 32.3 Å². The van der Waals surface area contributed by atoms with Crippen molar-refractivity contribution in [3.05, 3.63) is 41.6 Å². The Bertz CT molecular complexity index is 1040. The molecule has 1 atom stereocenters. The van der Waals surface area contributed by atoms with Gasteiger partial charge in [-0.15, -0.1) is 0 Å². The largest absolute Gasteiger partial charge is 0.507 e. The van der Waals surface area contributed by atoms with Crippen LogP contribution in [0.2, 0.25) is 0 Å². The van der Waals surface area contributed by atoms with Crippen LogP contribution in [0.1, 0.15) is 30.0 Å². The molecule has 1 saturated heterocycles. The van der Waals surface area contributed by atoms with E-state index in [0.29, 0.717) is 36.8 Å². The highest BCUT2D eigenvalue weighted by Crippen LogP contribution is 2.38. The number of piperidine rings is 1. The molecule has 2 aromatic heterocycles. The first-order valence-corrected chi connectivity index (χ1v) is 8.76. The van der Waals surface area contributed by atoms with Gasteiger partial charge in [-0.2, -0.15) is 18.3 Å². The topological polar surface area (TPSA) is 80.0 Å². The van der Waals surface area contributed by atoms with Crippen molar-refractivity contribution in [2.75, 3.05) is 6.54 Å². The standard InChI is InChI=1S/C19H17F3N4O2/c1-10-6-12(19(20,21)22)7-15(27)17(10)14-4-2-11-9-26(25-18(11)24-14)13-3-5-16(28)23-8-13/h2,4,6-7,9,13,27H,3,5,8H2,1H3,(H,23,28)/t13-/m1/s1. The first kappa shape index (κ1) is 18.3. The van der Waals surface area contributed by atoms with Crippen molar-refractivity contribution in [3.8, 4) is 17.0 Å². The third kappa shape index (κ3) is 3.28. The summed E-state index contributed by atoms with van der Waals surface area (Å²) >= 11 is 0. The van der Waals surface area contributed by atoms with Gasteiger partial charge in [-0.05, 0) is 43.2 Å². The summed E-state index contributed by atoms with van der Waals surface area (Å²) < 4.78 is 40.5. The number of aryl methyl sites for hydroxylation is 1. The van der Waals surface area contributed by atoms with Crippen LogP contribution in [0.4, 0.5) is 13.2 Å². The lowest BCUT2D eigenvalue weighted by molar-refractivity contribution is -0.137. The van der Waals surface area contributed by atoms with E-state index in [4.69, 9.17) is 0 Å². The molecule has 3 heterocycles. The maximum atomic E-state index is 12.9. The lowest BCUT2D eigenvalue weighted by atomic mass is 10.00. The molecule has 0 spiro atoms. The normalized spacial score (nSPS) is 17.7. The molecule has 0 aliphatic carbocycles. The van der Waals surface area contributed by atoms with Gasteiger partial charge in [-0.3, -0.25) is 9.48 Å². The molecular weight excluding hydrogens is 373 g/mol. The number of alkyl halides is 3. The Morgan fingerprint density at radius 3 is 2.71 bits per heavy atom. The molecule has 6 nitrogen and oxygen atoms in total. The average Bonchev–Trinajstić information content (AvgIpc) is 3.04. The number of aromatic nitrogens is 3. The van der Waals surface area contributed by atoms with Crippen LogP contribution in [0.25, 0.3) is 22.3 Å². The number of carbonyl (C=O) groups excluding carboxylic acids is 1. The molecule has 0 radical (unpaired) electrons. The third-order valence-corrected chi connectivity index (χ3v) is 4.90. The second-order valence-electron chi connectivity index (χ2n) is 6.90. The van der Waals surface area contributed by atoms with Crippen LogP contribution in [-0.2, 0) is 11.0 Å². The summed E-state index contributed by atoms with van der Waals surface area (Å²) in [6, 6.07) is 5.13. The van der Waals surface area contributed by atoms with E-state index in [1.54, 1.807) is 16.8 Å². The molecule has 0 bridgehead atoms. The number of amides is 1. The molecule has 1 aliphatic rings. The Labute approximate surface area is 158 Å². The van der Waals surface area contributed by atoms with Crippen molar-refractivity contribution in [3.63, 3.8) is 0 Å². The van der Waals surface area contributed by atoms with Crippen molar-refractivity contribution < 1.29 is 23.1 Å². The number of benzene rings is 1. The van der Waals surface area contributed by atoms with Gasteiger partial charge in [0.15, 0.2) is 5.65 Å². The Morgan fingerprint density at radius 2 is 2.07 bits per heavy atom. The molecule has 1 amide bonds. The number of phenols is 1. The highest BCUT2D eigenvalue weighted by atomic mass is 19.4. The van der Waals surface area contributed by atoms with Gasteiger partial charge in [-0.1, -0.05) is 0 Å². The number of hydrogen-bond donors (Lipinski definition) is 2. The Balaban J connectivity index is 1.71. The van der Waals surface area contributed by atoms with E-state index in [2.05, 4.69) is 15.4 Å². The predicted molar refractivity (Wildman–Crippen MR) is 95.6 cm³/mol.